The number of amides is 1. The van der Waals surface area contributed by atoms with Gasteiger partial charge in [0, 0.05) is 23.0 Å². The topological polar surface area (TPSA) is 86.9 Å². The van der Waals surface area contributed by atoms with Crippen LogP contribution in [0.25, 0.3) is 0 Å². The highest BCUT2D eigenvalue weighted by atomic mass is 35.5. The summed E-state index contributed by atoms with van der Waals surface area (Å²) in [5.74, 6) is 0.988. The number of halogens is 2. The molecule has 1 amide bonds. The van der Waals surface area contributed by atoms with Gasteiger partial charge in [-0.15, -0.1) is 0 Å². The molecule has 27 heavy (non-hydrogen) atoms. The van der Waals surface area contributed by atoms with Crippen molar-refractivity contribution in [2.24, 2.45) is 0 Å². The van der Waals surface area contributed by atoms with E-state index in [1.54, 1.807) is 29.4 Å². The number of H-pyrrole nitrogens is 2. The molecule has 0 aliphatic carbocycles. The molecular weight excluding hydrogens is 389 g/mol. The van der Waals surface area contributed by atoms with E-state index in [-0.39, 0.29) is 12.3 Å². The lowest BCUT2D eigenvalue weighted by atomic mass is 10.1. The molecule has 0 spiro atoms. The number of carbonyl (C=O) groups is 1. The minimum Gasteiger partial charge on any atom is -0.453 e. The number of nitrogens with one attached hydrogen (secondary N) is 2. The molecule has 3 aromatic rings. The molecule has 140 valence electrons. The van der Waals surface area contributed by atoms with Gasteiger partial charge in [-0.2, -0.15) is 5.10 Å². The number of carbonyl (C=O) groups excluding carboxylic acids is 1. The smallest absolute Gasteiger partial charge is 0.229 e. The van der Waals surface area contributed by atoms with Crippen LogP contribution in [0.5, 0.6) is 11.5 Å². The first-order valence-electron chi connectivity index (χ1n) is 8.46. The number of nitrogens with zero attached hydrogens (tertiary/aromatic N) is 3. The first-order chi connectivity index (χ1) is 13.0. The van der Waals surface area contributed by atoms with Gasteiger partial charge in [0.05, 0.1) is 36.4 Å². The Balaban J connectivity index is 1.51. The van der Waals surface area contributed by atoms with Gasteiger partial charge >= 0.3 is 0 Å². The fraction of sp³-hybridized carbons (Fsp3) is 0.278. The third kappa shape index (κ3) is 3.79. The van der Waals surface area contributed by atoms with E-state index in [1.165, 1.54) is 0 Å². The van der Waals surface area contributed by atoms with E-state index in [9.17, 15) is 4.79 Å². The number of benzene rings is 1. The highest BCUT2D eigenvalue weighted by molar-refractivity contribution is 6.34. The lowest BCUT2D eigenvalue weighted by molar-refractivity contribution is -0.131. The number of rotatable bonds is 4. The van der Waals surface area contributed by atoms with Crippen LogP contribution in [0.2, 0.25) is 10.0 Å². The lowest BCUT2D eigenvalue weighted by Gasteiger charge is -2.26. The fourth-order valence-electron chi connectivity index (χ4n) is 3.11. The zero-order valence-electron chi connectivity index (χ0n) is 14.6. The van der Waals surface area contributed by atoms with E-state index < -0.39 is 0 Å². The second kappa shape index (κ2) is 7.25. The van der Waals surface area contributed by atoms with Gasteiger partial charge in [-0.3, -0.25) is 9.89 Å². The summed E-state index contributed by atoms with van der Waals surface area (Å²) in [6.07, 6.45) is 2.55. The minimum absolute atomic E-state index is 0.0178. The molecule has 1 aliphatic rings. The molecule has 7 nitrogen and oxygen atoms in total. The molecule has 1 aromatic carbocycles. The quantitative estimate of drug-likeness (QED) is 0.692. The van der Waals surface area contributed by atoms with Crippen LogP contribution in [0, 0.1) is 6.92 Å². The monoisotopic (exact) mass is 405 g/mol. The van der Waals surface area contributed by atoms with Crippen LogP contribution < -0.4 is 4.74 Å². The number of aromatic nitrogens is 4. The van der Waals surface area contributed by atoms with Crippen molar-refractivity contribution in [3.8, 4) is 11.5 Å². The van der Waals surface area contributed by atoms with Crippen molar-refractivity contribution in [3.63, 3.8) is 0 Å². The SMILES string of the molecule is Cc1[nH]nc(CC(=O)N2CCc3nc[nH]c3C2)c1Oc1cc(Cl)cc(Cl)c1. The minimum atomic E-state index is -0.0178. The van der Waals surface area contributed by atoms with Gasteiger partial charge in [-0.1, -0.05) is 23.2 Å². The normalized spacial score (nSPS) is 13.5. The molecular formula is C18H17Cl2N5O2. The molecule has 2 aromatic heterocycles. The van der Waals surface area contributed by atoms with Crippen LogP contribution in [0.3, 0.4) is 0 Å². The maximum Gasteiger partial charge on any atom is 0.229 e. The number of aryl methyl sites for hydroxylation is 1. The Morgan fingerprint density at radius 1 is 1.30 bits per heavy atom. The van der Waals surface area contributed by atoms with Gasteiger partial charge < -0.3 is 14.6 Å². The summed E-state index contributed by atoms with van der Waals surface area (Å²) in [6, 6.07) is 4.95. The summed E-state index contributed by atoms with van der Waals surface area (Å²) >= 11 is 12.1. The summed E-state index contributed by atoms with van der Waals surface area (Å²) in [7, 11) is 0. The van der Waals surface area contributed by atoms with Gasteiger partial charge in [0.2, 0.25) is 5.91 Å². The van der Waals surface area contributed by atoms with Crippen LogP contribution in [-0.2, 0) is 24.2 Å². The van der Waals surface area contributed by atoms with Gasteiger partial charge in [0.1, 0.15) is 11.4 Å². The Morgan fingerprint density at radius 3 is 2.85 bits per heavy atom. The van der Waals surface area contributed by atoms with Crippen LogP contribution >= 0.6 is 23.2 Å². The Bertz CT molecular complexity index is 977. The van der Waals surface area contributed by atoms with E-state index in [2.05, 4.69) is 20.2 Å². The highest BCUT2D eigenvalue weighted by Crippen LogP contribution is 2.32. The standard InChI is InChI=1S/C18H17Cl2N5O2/c1-10-18(27-13-5-11(19)4-12(20)6-13)15(24-23-10)7-17(26)25-3-2-14-16(8-25)22-9-21-14/h4-6,9H,2-3,7-8H2,1H3,(H,21,22)(H,23,24). The number of aromatic amines is 2. The third-order valence-corrected chi connectivity index (χ3v) is 4.90. The summed E-state index contributed by atoms with van der Waals surface area (Å²) in [6.45, 7) is 3.00. The zero-order valence-corrected chi connectivity index (χ0v) is 16.1. The summed E-state index contributed by atoms with van der Waals surface area (Å²) < 4.78 is 5.92. The van der Waals surface area contributed by atoms with Crippen LogP contribution in [0.1, 0.15) is 22.8 Å². The lowest BCUT2D eigenvalue weighted by Crippen LogP contribution is -2.37. The second-order valence-electron chi connectivity index (χ2n) is 6.40. The van der Waals surface area contributed by atoms with Crippen molar-refractivity contribution < 1.29 is 9.53 Å². The number of imidazole rings is 1. The van der Waals surface area contributed by atoms with E-state index in [0.29, 0.717) is 40.3 Å². The summed E-state index contributed by atoms with van der Waals surface area (Å²) in [5, 5.41) is 8.07. The van der Waals surface area contributed by atoms with Crippen molar-refractivity contribution in [2.75, 3.05) is 6.54 Å². The molecule has 0 unspecified atom stereocenters. The van der Waals surface area contributed by atoms with Crippen LogP contribution in [0.4, 0.5) is 0 Å². The van der Waals surface area contributed by atoms with E-state index in [4.69, 9.17) is 27.9 Å². The number of fused-ring (bicyclic) bond motifs is 1. The molecule has 0 atom stereocenters. The second-order valence-corrected chi connectivity index (χ2v) is 7.27. The predicted octanol–water partition coefficient (Wildman–Crippen LogP) is 3.67. The van der Waals surface area contributed by atoms with Gasteiger partial charge in [0.25, 0.3) is 0 Å². The molecule has 4 rings (SSSR count). The van der Waals surface area contributed by atoms with Gasteiger partial charge in [-0.05, 0) is 25.1 Å². The number of hydrogen-bond acceptors (Lipinski definition) is 4. The number of ether oxygens (including phenoxy) is 1. The summed E-state index contributed by atoms with van der Waals surface area (Å²) in [4.78, 5) is 21.9. The first-order valence-corrected chi connectivity index (χ1v) is 9.22. The molecule has 0 saturated carbocycles. The molecule has 0 bridgehead atoms. The maximum atomic E-state index is 12.8. The molecule has 1 aliphatic heterocycles. The Morgan fingerprint density at radius 2 is 2.07 bits per heavy atom. The van der Waals surface area contributed by atoms with Crippen LogP contribution in [0.15, 0.2) is 24.5 Å². The van der Waals surface area contributed by atoms with Gasteiger partial charge in [-0.25, -0.2) is 4.98 Å². The largest absolute Gasteiger partial charge is 0.453 e. The summed E-state index contributed by atoms with van der Waals surface area (Å²) in [5.41, 5.74) is 3.28. The van der Waals surface area contributed by atoms with Crippen molar-refractivity contribution >= 4 is 29.1 Å². The van der Waals surface area contributed by atoms with Crippen molar-refractivity contribution in [1.82, 2.24) is 25.1 Å². The molecule has 2 N–H and O–H groups in total. The molecule has 0 radical (unpaired) electrons. The van der Waals surface area contributed by atoms with E-state index >= 15 is 0 Å². The Kier molecular flexibility index (Phi) is 4.80. The van der Waals surface area contributed by atoms with Crippen molar-refractivity contribution in [2.45, 2.75) is 26.3 Å². The van der Waals surface area contributed by atoms with Crippen molar-refractivity contribution in [3.05, 3.63) is 57.3 Å². The molecule has 0 fully saturated rings. The third-order valence-electron chi connectivity index (χ3n) is 4.46. The van der Waals surface area contributed by atoms with E-state index in [1.807, 2.05) is 6.92 Å². The van der Waals surface area contributed by atoms with E-state index in [0.717, 1.165) is 23.5 Å². The molecule has 9 heteroatoms. The van der Waals surface area contributed by atoms with Gasteiger partial charge in [0.15, 0.2) is 5.75 Å². The average molecular weight is 406 g/mol. The highest BCUT2D eigenvalue weighted by Gasteiger charge is 2.25. The predicted molar refractivity (Wildman–Crippen MR) is 101 cm³/mol. The molecule has 0 saturated heterocycles. The van der Waals surface area contributed by atoms with Crippen LogP contribution in [-0.4, -0.2) is 37.5 Å². The fourth-order valence-corrected chi connectivity index (χ4v) is 3.62. The van der Waals surface area contributed by atoms with Crippen molar-refractivity contribution in [1.29, 1.82) is 0 Å². The Hall–Kier alpha value is -2.51. The number of hydrogen-bond donors (Lipinski definition) is 2. The maximum absolute atomic E-state index is 12.8. The Labute approximate surface area is 165 Å². The first kappa shape index (κ1) is 17.9. The zero-order chi connectivity index (χ0) is 19.0. The average Bonchev–Trinajstić information content (AvgIpc) is 3.22. The molecule has 3 heterocycles.